The van der Waals surface area contributed by atoms with Crippen LogP contribution >= 0.6 is 0 Å². The van der Waals surface area contributed by atoms with Gasteiger partial charge in [0.1, 0.15) is 23.5 Å². The molecule has 0 radical (unpaired) electrons. The summed E-state index contributed by atoms with van der Waals surface area (Å²) in [4.78, 5) is 0. The average Bonchev–Trinajstić information content (AvgIpc) is 2.39. The lowest BCUT2D eigenvalue weighted by atomic mass is 10.0. The van der Waals surface area contributed by atoms with Crippen LogP contribution in [0.3, 0.4) is 0 Å². The van der Waals surface area contributed by atoms with E-state index in [0.29, 0.717) is 11.3 Å². The standard InChI is InChI=1S/C16H17F2NO/c1-10-6-7-14(18)9-15(10)20-16(11(2)19)12-4-3-5-13(17)8-12/h3-9,11,16H,19H2,1-2H3. The van der Waals surface area contributed by atoms with Crippen LogP contribution in [0.15, 0.2) is 42.5 Å². The Hall–Kier alpha value is -1.94. The van der Waals surface area contributed by atoms with Crippen molar-refractivity contribution in [3.05, 3.63) is 65.2 Å². The maximum Gasteiger partial charge on any atom is 0.139 e. The van der Waals surface area contributed by atoms with Crippen LogP contribution in [0.25, 0.3) is 0 Å². The molecule has 4 heteroatoms. The number of halogens is 2. The third-order valence-electron chi connectivity index (χ3n) is 3.06. The molecule has 2 unspecified atom stereocenters. The Kier molecular flexibility index (Phi) is 4.35. The van der Waals surface area contributed by atoms with Gasteiger partial charge in [-0.2, -0.15) is 0 Å². The molecule has 0 fully saturated rings. The Balaban J connectivity index is 2.33. The first-order valence-electron chi connectivity index (χ1n) is 6.41. The van der Waals surface area contributed by atoms with Gasteiger partial charge in [-0.3, -0.25) is 0 Å². The lowest BCUT2D eigenvalue weighted by Gasteiger charge is -2.24. The molecule has 0 bridgehead atoms. The van der Waals surface area contributed by atoms with E-state index in [-0.39, 0.29) is 17.7 Å². The van der Waals surface area contributed by atoms with Gasteiger partial charge in [-0.15, -0.1) is 0 Å². The summed E-state index contributed by atoms with van der Waals surface area (Å²) >= 11 is 0. The van der Waals surface area contributed by atoms with Crippen molar-refractivity contribution in [3.63, 3.8) is 0 Å². The first-order valence-corrected chi connectivity index (χ1v) is 6.41. The highest BCUT2D eigenvalue weighted by atomic mass is 19.1. The number of aryl methyl sites for hydroxylation is 1. The van der Waals surface area contributed by atoms with Crippen molar-refractivity contribution in [1.29, 1.82) is 0 Å². The van der Waals surface area contributed by atoms with Crippen LogP contribution in [0.5, 0.6) is 5.75 Å². The zero-order valence-corrected chi connectivity index (χ0v) is 11.4. The topological polar surface area (TPSA) is 35.2 Å². The van der Waals surface area contributed by atoms with Gasteiger partial charge in [0.05, 0.1) is 0 Å². The minimum Gasteiger partial charge on any atom is -0.484 e. The maximum absolute atomic E-state index is 13.3. The minimum atomic E-state index is -0.536. The number of hydrogen-bond donors (Lipinski definition) is 1. The highest BCUT2D eigenvalue weighted by molar-refractivity contribution is 5.34. The molecule has 0 saturated heterocycles. The summed E-state index contributed by atoms with van der Waals surface area (Å²) in [6, 6.07) is 10.0. The Labute approximate surface area is 117 Å². The summed E-state index contributed by atoms with van der Waals surface area (Å²) < 4.78 is 32.4. The SMILES string of the molecule is Cc1ccc(F)cc1OC(c1cccc(F)c1)C(C)N. The monoisotopic (exact) mass is 277 g/mol. The van der Waals surface area contributed by atoms with E-state index in [4.69, 9.17) is 10.5 Å². The molecule has 106 valence electrons. The van der Waals surface area contributed by atoms with Crippen molar-refractivity contribution < 1.29 is 13.5 Å². The van der Waals surface area contributed by atoms with E-state index in [9.17, 15) is 8.78 Å². The molecule has 0 spiro atoms. The number of benzene rings is 2. The van der Waals surface area contributed by atoms with Crippen LogP contribution < -0.4 is 10.5 Å². The van der Waals surface area contributed by atoms with Crippen LogP contribution in [0.1, 0.15) is 24.2 Å². The van der Waals surface area contributed by atoms with Crippen LogP contribution in [0.4, 0.5) is 8.78 Å². The minimum absolute atomic E-state index is 0.354. The molecule has 2 nitrogen and oxygen atoms in total. The average molecular weight is 277 g/mol. The zero-order valence-electron chi connectivity index (χ0n) is 11.4. The fraction of sp³-hybridized carbons (Fsp3) is 0.250. The second kappa shape index (κ2) is 6.01. The van der Waals surface area contributed by atoms with E-state index < -0.39 is 6.10 Å². The highest BCUT2D eigenvalue weighted by Gasteiger charge is 2.19. The zero-order chi connectivity index (χ0) is 14.7. The van der Waals surface area contributed by atoms with E-state index in [1.165, 1.54) is 24.3 Å². The molecule has 0 heterocycles. The van der Waals surface area contributed by atoms with Gasteiger partial charge in [0.2, 0.25) is 0 Å². The molecule has 0 saturated carbocycles. The Bertz CT molecular complexity index is 599. The molecule has 0 aliphatic heterocycles. The van der Waals surface area contributed by atoms with E-state index >= 15 is 0 Å². The van der Waals surface area contributed by atoms with Gasteiger partial charge in [0, 0.05) is 12.1 Å². The van der Waals surface area contributed by atoms with Crippen molar-refractivity contribution in [3.8, 4) is 5.75 Å². The van der Waals surface area contributed by atoms with Gasteiger partial charge in [0.15, 0.2) is 0 Å². The van der Waals surface area contributed by atoms with E-state index in [2.05, 4.69) is 0 Å². The molecular weight excluding hydrogens is 260 g/mol. The molecule has 2 N–H and O–H groups in total. The van der Waals surface area contributed by atoms with E-state index in [0.717, 1.165) is 5.56 Å². The van der Waals surface area contributed by atoms with Gasteiger partial charge < -0.3 is 10.5 Å². The molecular formula is C16H17F2NO. The number of nitrogens with two attached hydrogens (primary N) is 1. The van der Waals surface area contributed by atoms with Crippen LogP contribution in [-0.2, 0) is 0 Å². The molecule has 2 aromatic rings. The van der Waals surface area contributed by atoms with Crippen LogP contribution in [0, 0.1) is 18.6 Å². The quantitative estimate of drug-likeness (QED) is 0.924. The first-order chi connectivity index (χ1) is 9.47. The molecule has 0 aromatic heterocycles. The molecule has 2 atom stereocenters. The second-order valence-electron chi connectivity index (χ2n) is 4.86. The molecule has 0 aliphatic rings. The summed E-state index contributed by atoms with van der Waals surface area (Å²) in [7, 11) is 0. The third kappa shape index (κ3) is 3.33. The van der Waals surface area contributed by atoms with Crippen molar-refractivity contribution in [2.75, 3.05) is 0 Å². The maximum atomic E-state index is 13.3. The van der Waals surface area contributed by atoms with Crippen LogP contribution in [-0.4, -0.2) is 6.04 Å². The number of hydrogen-bond acceptors (Lipinski definition) is 2. The predicted octanol–water partition coefficient (Wildman–Crippen LogP) is 3.74. The molecule has 0 aliphatic carbocycles. The van der Waals surface area contributed by atoms with Gasteiger partial charge in [-0.1, -0.05) is 18.2 Å². The van der Waals surface area contributed by atoms with Crippen molar-refractivity contribution in [1.82, 2.24) is 0 Å². The van der Waals surface area contributed by atoms with Gasteiger partial charge in [-0.05, 0) is 43.2 Å². The normalized spacial score (nSPS) is 13.8. The highest BCUT2D eigenvalue weighted by Crippen LogP contribution is 2.27. The lowest BCUT2D eigenvalue weighted by molar-refractivity contribution is 0.178. The predicted molar refractivity (Wildman–Crippen MR) is 74.6 cm³/mol. The third-order valence-corrected chi connectivity index (χ3v) is 3.06. The molecule has 2 rings (SSSR count). The number of ether oxygens (including phenoxy) is 1. The summed E-state index contributed by atoms with van der Waals surface area (Å²) in [5, 5.41) is 0. The fourth-order valence-electron chi connectivity index (χ4n) is 2.00. The Morgan fingerprint density at radius 3 is 2.40 bits per heavy atom. The smallest absolute Gasteiger partial charge is 0.139 e. The van der Waals surface area contributed by atoms with Crippen LogP contribution in [0.2, 0.25) is 0 Å². The summed E-state index contributed by atoms with van der Waals surface area (Å²) in [6.07, 6.45) is -0.536. The summed E-state index contributed by atoms with van der Waals surface area (Å²) in [6.45, 7) is 3.59. The van der Waals surface area contributed by atoms with Crippen molar-refractivity contribution in [2.45, 2.75) is 26.0 Å². The van der Waals surface area contributed by atoms with Gasteiger partial charge >= 0.3 is 0 Å². The van der Waals surface area contributed by atoms with Gasteiger partial charge in [0.25, 0.3) is 0 Å². The largest absolute Gasteiger partial charge is 0.484 e. The van der Waals surface area contributed by atoms with Crippen molar-refractivity contribution in [2.24, 2.45) is 5.73 Å². The Morgan fingerprint density at radius 1 is 1.05 bits per heavy atom. The second-order valence-corrected chi connectivity index (χ2v) is 4.86. The number of rotatable bonds is 4. The molecule has 2 aromatic carbocycles. The van der Waals surface area contributed by atoms with Gasteiger partial charge in [-0.25, -0.2) is 8.78 Å². The van der Waals surface area contributed by atoms with Crippen molar-refractivity contribution >= 4 is 0 Å². The van der Waals surface area contributed by atoms with E-state index in [1.807, 2.05) is 6.92 Å². The summed E-state index contributed by atoms with van der Waals surface area (Å²) in [5.74, 6) is -0.322. The fourth-order valence-corrected chi connectivity index (χ4v) is 2.00. The lowest BCUT2D eigenvalue weighted by Crippen LogP contribution is -2.29. The Morgan fingerprint density at radius 2 is 1.75 bits per heavy atom. The van der Waals surface area contributed by atoms with E-state index in [1.54, 1.807) is 25.1 Å². The first kappa shape index (κ1) is 14.5. The molecule has 0 amide bonds. The molecule has 20 heavy (non-hydrogen) atoms. The summed E-state index contributed by atoms with van der Waals surface area (Å²) in [5.41, 5.74) is 7.34.